The van der Waals surface area contributed by atoms with Crippen LogP contribution in [0.15, 0.2) is 29.4 Å². The summed E-state index contributed by atoms with van der Waals surface area (Å²) < 4.78 is 1.60. The van der Waals surface area contributed by atoms with E-state index in [0.29, 0.717) is 5.16 Å². The molecule has 4 nitrogen and oxygen atoms in total. The van der Waals surface area contributed by atoms with Gasteiger partial charge >= 0.3 is 0 Å². The quantitative estimate of drug-likeness (QED) is 0.803. The van der Waals surface area contributed by atoms with Crippen molar-refractivity contribution in [3.8, 4) is 5.69 Å². The van der Waals surface area contributed by atoms with E-state index in [2.05, 4.69) is 47.2 Å². The first-order valence-corrected chi connectivity index (χ1v) is 5.32. The Labute approximate surface area is 93.7 Å². The summed E-state index contributed by atoms with van der Waals surface area (Å²) in [6.07, 6.45) is 2.26. The lowest BCUT2D eigenvalue weighted by molar-refractivity contribution is 0.757. The summed E-state index contributed by atoms with van der Waals surface area (Å²) in [5.41, 5.74) is 2.26. The third-order valence-electron chi connectivity index (χ3n) is 2.17. The molecule has 1 heterocycles. The summed E-state index contributed by atoms with van der Waals surface area (Å²) in [6, 6.07) is 8.18. The van der Waals surface area contributed by atoms with Gasteiger partial charge in [0.25, 0.3) is 0 Å². The van der Waals surface area contributed by atoms with E-state index in [-0.39, 0.29) is 0 Å². The Morgan fingerprint density at radius 3 is 2.53 bits per heavy atom. The zero-order valence-electron chi connectivity index (χ0n) is 8.46. The molecule has 1 aromatic heterocycles. The first kappa shape index (κ1) is 10.2. The van der Waals surface area contributed by atoms with Gasteiger partial charge in [0.1, 0.15) is 0 Å². The van der Waals surface area contributed by atoms with Crippen molar-refractivity contribution in [1.82, 2.24) is 20.2 Å². The summed E-state index contributed by atoms with van der Waals surface area (Å²) in [5, 5.41) is 11.6. The fraction of sp³-hybridized carbons (Fsp3) is 0.300. The molecule has 1 aromatic carbocycles. The van der Waals surface area contributed by atoms with Crippen LogP contribution in [0.1, 0.15) is 18.9 Å². The predicted octanol–water partition coefficient (Wildman–Crippen LogP) is 1.90. The van der Waals surface area contributed by atoms with Gasteiger partial charge in [0.15, 0.2) is 0 Å². The van der Waals surface area contributed by atoms with Crippen molar-refractivity contribution in [1.29, 1.82) is 0 Å². The van der Waals surface area contributed by atoms with Crippen LogP contribution in [0.3, 0.4) is 0 Å². The van der Waals surface area contributed by atoms with Crippen molar-refractivity contribution < 1.29 is 0 Å². The van der Waals surface area contributed by atoms with Crippen LogP contribution < -0.4 is 0 Å². The Kier molecular flexibility index (Phi) is 3.01. The molecule has 0 atom stereocenters. The average Bonchev–Trinajstić information content (AvgIpc) is 2.66. The van der Waals surface area contributed by atoms with E-state index in [4.69, 9.17) is 0 Å². The number of rotatable bonds is 3. The Hall–Kier alpha value is -1.36. The number of benzene rings is 1. The van der Waals surface area contributed by atoms with E-state index in [9.17, 15) is 0 Å². The predicted molar refractivity (Wildman–Crippen MR) is 60.4 cm³/mol. The third-order valence-corrected chi connectivity index (χ3v) is 2.45. The molecular weight excluding hydrogens is 208 g/mol. The largest absolute Gasteiger partial charge is 0.211 e. The lowest BCUT2D eigenvalue weighted by Gasteiger charge is -2.02. The first-order chi connectivity index (χ1) is 7.31. The van der Waals surface area contributed by atoms with Crippen molar-refractivity contribution in [2.75, 3.05) is 0 Å². The number of aromatic nitrogens is 4. The molecule has 0 N–H and O–H groups in total. The molecular formula is C10H12N4S. The molecule has 0 fully saturated rings. The maximum absolute atomic E-state index is 4.15. The first-order valence-electron chi connectivity index (χ1n) is 4.88. The van der Waals surface area contributed by atoms with Crippen LogP contribution in [-0.2, 0) is 6.42 Å². The molecule has 0 amide bonds. The topological polar surface area (TPSA) is 43.6 Å². The van der Waals surface area contributed by atoms with Gasteiger partial charge in [0.05, 0.1) is 5.69 Å². The third kappa shape index (κ3) is 2.18. The molecule has 0 radical (unpaired) electrons. The highest BCUT2D eigenvalue weighted by Gasteiger charge is 2.03. The molecule has 2 rings (SSSR count). The second kappa shape index (κ2) is 4.44. The molecule has 0 aliphatic rings. The Bertz CT molecular complexity index is 435. The van der Waals surface area contributed by atoms with Gasteiger partial charge in [-0.1, -0.05) is 25.5 Å². The minimum atomic E-state index is 0.498. The number of aryl methyl sites for hydroxylation is 1. The monoisotopic (exact) mass is 220 g/mol. The van der Waals surface area contributed by atoms with Crippen LogP contribution in [0, 0.1) is 0 Å². The zero-order valence-corrected chi connectivity index (χ0v) is 9.35. The van der Waals surface area contributed by atoms with Gasteiger partial charge in [0.2, 0.25) is 5.16 Å². The number of thiol groups is 1. The van der Waals surface area contributed by atoms with E-state index in [0.717, 1.165) is 18.5 Å². The fourth-order valence-corrected chi connectivity index (χ4v) is 1.64. The summed E-state index contributed by atoms with van der Waals surface area (Å²) >= 11 is 4.15. The van der Waals surface area contributed by atoms with Gasteiger partial charge in [-0.05, 0) is 34.5 Å². The highest BCUT2D eigenvalue weighted by Crippen LogP contribution is 2.12. The smallest absolute Gasteiger partial charge is 0.188 e. The van der Waals surface area contributed by atoms with Crippen LogP contribution in [-0.4, -0.2) is 20.2 Å². The van der Waals surface area contributed by atoms with E-state index in [1.165, 1.54) is 5.56 Å². The number of hydrogen-bond acceptors (Lipinski definition) is 4. The van der Waals surface area contributed by atoms with Gasteiger partial charge in [-0.3, -0.25) is 0 Å². The minimum Gasteiger partial charge on any atom is -0.188 e. The normalized spacial score (nSPS) is 10.5. The maximum Gasteiger partial charge on any atom is 0.211 e. The molecule has 0 aliphatic carbocycles. The Morgan fingerprint density at radius 1 is 1.27 bits per heavy atom. The van der Waals surface area contributed by atoms with Crippen molar-refractivity contribution in [3.05, 3.63) is 29.8 Å². The molecule has 15 heavy (non-hydrogen) atoms. The number of nitrogens with zero attached hydrogens (tertiary/aromatic N) is 4. The van der Waals surface area contributed by atoms with Crippen molar-refractivity contribution in [2.24, 2.45) is 0 Å². The summed E-state index contributed by atoms with van der Waals surface area (Å²) in [4.78, 5) is 0. The summed E-state index contributed by atoms with van der Waals surface area (Å²) in [6.45, 7) is 2.17. The molecule has 5 heteroatoms. The maximum atomic E-state index is 4.15. The van der Waals surface area contributed by atoms with Crippen LogP contribution in [0.2, 0.25) is 0 Å². The summed E-state index contributed by atoms with van der Waals surface area (Å²) in [5.74, 6) is 0. The van der Waals surface area contributed by atoms with E-state index >= 15 is 0 Å². The molecule has 78 valence electrons. The van der Waals surface area contributed by atoms with Crippen LogP contribution >= 0.6 is 12.6 Å². The minimum absolute atomic E-state index is 0.498. The second-order valence-electron chi connectivity index (χ2n) is 3.31. The second-order valence-corrected chi connectivity index (χ2v) is 3.71. The SMILES string of the molecule is CCCc1ccc(-n2nnnc2S)cc1. The van der Waals surface area contributed by atoms with Crippen LogP contribution in [0.4, 0.5) is 0 Å². The highest BCUT2D eigenvalue weighted by atomic mass is 32.1. The zero-order chi connectivity index (χ0) is 10.7. The van der Waals surface area contributed by atoms with E-state index < -0.39 is 0 Å². The molecule has 0 bridgehead atoms. The van der Waals surface area contributed by atoms with Gasteiger partial charge in [-0.15, -0.1) is 17.7 Å². The molecule has 0 aliphatic heterocycles. The number of tetrazole rings is 1. The van der Waals surface area contributed by atoms with Gasteiger partial charge in [-0.25, -0.2) is 0 Å². The lowest BCUT2D eigenvalue weighted by Crippen LogP contribution is -1.97. The van der Waals surface area contributed by atoms with E-state index in [1.807, 2.05) is 12.1 Å². The number of hydrogen-bond donors (Lipinski definition) is 1. The molecule has 0 unspecified atom stereocenters. The molecule has 0 saturated carbocycles. The van der Waals surface area contributed by atoms with Crippen molar-refractivity contribution in [3.63, 3.8) is 0 Å². The van der Waals surface area contributed by atoms with Crippen molar-refractivity contribution in [2.45, 2.75) is 24.9 Å². The molecule has 0 saturated heterocycles. The standard InChI is InChI=1S/C10H12N4S/c1-2-3-8-4-6-9(7-5-8)14-10(15)11-12-13-14/h4-7H,2-3H2,1H3,(H,11,13,15). The van der Waals surface area contributed by atoms with Gasteiger partial charge in [0, 0.05) is 0 Å². The fourth-order valence-electron chi connectivity index (χ4n) is 1.44. The lowest BCUT2D eigenvalue weighted by atomic mass is 10.1. The van der Waals surface area contributed by atoms with E-state index in [1.54, 1.807) is 4.68 Å². The molecule has 0 spiro atoms. The van der Waals surface area contributed by atoms with Crippen LogP contribution in [0.25, 0.3) is 5.69 Å². The Morgan fingerprint density at radius 2 is 2.00 bits per heavy atom. The van der Waals surface area contributed by atoms with Crippen molar-refractivity contribution >= 4 is 12.6 Å². The van der Waals surface area contributed by atoms with Crippen LogP contribution in [0.5, 0.6) is 0 Å². The highest BCUT2D eigenvalue weighted by molar-refractivity contribution is 7.80. The average molecular weight is 220 g/mol. The van der Waals surface area contributed by atoms with Gasteiger partial charge < -0.3 is 0 Å². The molecule has 2 aromatic rings. The summed E-state index contributed by atoms with van der Waals surface area (Å²) in [7, 11) is 0. The van der Waals surface area contributed by atoms with Gasteiger partial charge in [-0.2, -0.15) is 4.68 Å². The Balaban J connectivity index is 2.28.